The molecule has 0 amide bonds. The average Bonchev–Trinajstić information content (AvgIpc) is 2.15. The number of rotatable bonds is 3. The summed E-state index contributed by atoms with van der Waals surface area (Å²) in [5, 5.41) is 10.5. The Hall–Kier alpha value is -1.36. The Kier molecular flexibility index (Phi) is 3.47. The summed E-state index contributed by atoms with van der Waals surface area (Å²) in [6.07, 6.45) is 1.48. The molecule has 0 unspecified atom stereocenters. The highest BCUT2D eigenvalue weighted by atomic mass is 35.5. The fraction of sp³-hybridized carbons (Fsp3) is 0.444. The first-order chi connectivity index (χ1) is 6.95. The normalized spacial score (nSPS) is 10.9. The summed E-state index contributed by atoms with van der Waals surface area (Å²) in [6.45, 7) is 3.40. The number of halogens is 1. The van der Waals surface area contributed by atoms with Crippen molar-refractivity contribution in [3.63, 3.8) is 0 Å². The van der Waals surface area contributed by atoms with Crippen LogP contribution in [0.3, 0.4) is 0 Å². The minimum Gasteiger partial charge on any atom is -0.467 e. The lowest BCUT2D eigenvalue weighted by Gasteiger charge is -2.23. The van der Waals surface area contributed by atoms with Gasteiger partial charge in [-0.05, 0) is 13.8 Å². The van der Waals surface area contributed by atoms with Crippen molar-refractivity contribution in [2.75, 3.05) is 12.4 Å². The van der Waals surface area contributed by atoms with E-state index in [1.165, 1.54) is 13.3 Å². The molecule has 0 radical (unpaired) electrons. The Bertz CT molecular complexity index is 368. The largest absolute Gasteiger partial charge is 0.467 e. The summed E-state index contributed by atoms with van der Waals surface area (Å²) < 4.78 is 4.65. The first-order valence-electron chi connectivity index (χ1n) is 4.30. The number of ether oxygens (including phenoxy) is 1. The van der Waals surface area contributed by atoms with Gasteiger partial charge in [0.2, 0.25) is 0 Å². The van der Waals surface area contributed by atoms with Crippen LogP contribution in [0, 0.1) is 0 Å². The molecule has 1 N–H and O–H groups in total. The lowest BCUT2D eigenvalue weighted by atomic mass is 10.1. The van der Waals surface area contributed by atoms with E-state index in [9.17, 15) is 4.79 Å². The Labute approximate surface area is 92.8 Å². The van der Waals surface area contributed by atoms with E-state index in [2.05, 4.69) is 20.3 Å². The molecule has 0 fully saturated rings. The Balaban J connectivity index is 2.81. The van der Waals surface area contributed by atoms with Crippen LogP contribution >= 0.6 is 11.6 Å². The van der Waals surface area contributed by atoms with Crippen LogP contribution in [-0.4, -0.2) is 28.8 Å². The quantitative estimate of drug-likeness (QED) is 0.796. The van der Waals surface area contributed by atoms with Gasteiger partial charge in [0.25, 0.3) is 0 Å². The van der Waals surface area contributed by atoms with Gasteiger partial charge in [-0.15, -0.1) is 5.10 Å². The van der Waals surface area contributed by atoms with Crippen molar-refractivity contribution >= 4 is 23.3 Å². The summed E-state index contributed by atoms with van der Waals surface area (Å²) in [5.74, 6) is -0.365. The van der Waals surface area contributed by atoms with Crippen LogP contribution in [0.2, 0.25) is 5.15 Å². The highest BCUT2D eigenvalue weighted by Crippen LogP contribution is 2.17. The van der Waals surface area contributed by atoms with Crippen LogP contribution in [0.4, 0.5) is 5.69 Å². The van der Waals surface area contributed by atoms with Crippen molar-refractivity contribution in [3.8, 4) is 0 Å². The zero-order valence-corrected chi connectivity index (χ0v) is 9.50. The molecule has 1 heterocycles. The molecule has 1 aromatic rings. The summed E-state index contributed by atoms with van der Waals surface area (Å²) in [5.41, 5.74) is -0.216. The molecule has 5 nitrogen and oxygen atoms in total. The molecule has 0 aliphatic carbocycles. The molecule has 0 bridgehead atoms. The number of anilines is 1. The van der Waals surface area contributed by atoms with Crippen molar-refractivity contribution in [1.29, 1.82) is 0 Å². The van der Waals surface area contributed by atoms with Crippen LogP contribution in [0.25, 0.3) is 0 Å². The van der Waals surface area contributed by atoms with E-state index in [1.54, 1.807) is 19.9 Å². The van der Waals surface area contributed by atoms with Crippen LogP contribution in [0.15, 0.2) is 12.3 Å². The number of methoxy groups -OCH3 is 1. The highest BCUT2D eigenvalue weighted by molar-refractivity contribution is 6.29. The van der Waals surface area contributed by atoms with E-state index >= 15 is 0 Å². The molecule has 0 saturated heterocycles. The van der Waals surface area contributed by atoms with E-state index in [4.69, 9.17) is 11.6 Å². The molecule has 0 spiro atoms. The van der Waals surface area contributed by atoms with Gasteiger partial charge in [0.15, 0.2) is 5.15 Å². The van der Waals surface area contributed by atoms with E-state index in [1.807, 2.05) is 0 Å². The van der Waals surface area contributed by atoms with E-state index in [-0.39, 0.29) is 11.1 Å². The Morgan fingerprint density at radius 2 is 2.27 bits per heavy atom. The van der Waals surface area contributed by atoms with Crippen molar-refractivity contribution in [1.82, 2.24) is 10.2 Å². The van der Waals surface area contributed by atoms with Crippen molar-refractivity contribution < 1.29 is 9.53 Å². The van der Waals surface area contributed by atoms with E-state index < -0.39 is 5.54 Å². The van der Waals surface area contributed by atoms with Gasteiger partial charge in [-0.3, -0.25) is 0 Å². The molecule has 15 heavy (non-hydrogen) atoms. The molecular weight excluding hydrogens is 218 g/mol. The number of hydrogen-bond acceptors (Lipinski definition) is 5. The van der Waals surface area contributed by atoms with Crippen LogP contribution < -0.4 is 5.32 Å². The maximum absolute atomic E-state index is 11.4. The molecule has 0 saturated carbocycles. The van der Waals surface area contributed by atoms with E-state index in [0.717, 1.165) is 0 Å². The minimum atomic E-state index is -0.832. The summed E-state index contributed by atoms with van der Waals surface area (Å²) in [7, 11) is 1.34. The van der Waals surface area contributed by atoms with Gasteiger partial charge >= 0.3 is 5.97 Å². The number of esters is 1. The second kappa shape index (κ2) is 4.44. The number of carbonyl (C=O) groups is 1. The maximum atomic E-state index is 11.4. The lowest BCUT2D eigenvalue weighted by molar-refractivity contribution is -0.144. The summed E-state index contributed by atoms with van der Waals surface area (Å²) >= 11 is 5.66. The van der Waals surface area contributed by atoms with Crippen molar-refractivity contribution in [2.45, 2.75) is 19.4 Å². The molecule has 1 aromatic heterocycles. The molecule has 0 atom stereocenters. The van der Waals surface area contributed by atoms with Gasteiger partial charge in [0.05, 0.1) is 19.0 Å². The summed E-state index contributed by atoms with van der Waals surface area (Å²) in [4.78, 5) is 11.4. The first-order valence-corrected chi connectivity index (χ1v) is 4.68. The van der Waals surface area contributed by atoms with Crippen LogP contribution in [0.1, 0.15) is 13.8 Å². The van der Waals surface area contributed by atoms with Gasteiger partial charge in [-0.25, -0.2) is 4.79 Å². The van der Waals surface area contributed by atoms with E-state index in [0.29, 0.717) is 5.69 Å². The lowest BCUT2D eigenvalue weighted by Crippen LogP contribution is -2.41. The molecule has 0 aliphatic rings. The third-order valence-corrected chi connectivity index (χ3v) is 1.96. The van der Waals surface area contributed by atoms with Gasteiger partial charge in [-0.2, -0.15) is 5.10 Å². The van der Waals surface area contributed by atoms with Gasteiger partial charge in [0, 0.05) is 6.07 Å². The third-order valence-electron chi connectivity index (χ3n) is 1.78. The molecule has 0 aromatic carbocycles. The van der Waals surface area contributed by atoms with Crippen LogP contribution in [0.5, 0.6) is 0 Å². The van der Waals surface area contributed by atoms with Crippen LogP contribution in [-0.2, 0) is 9.53 Å². The number of hydrogen-bond donors (Lipinski definition) is 1. The standard InChI is InChI=1S/C9H12ClN3O2/c1-9(2,8(14)15-3)12-6-4-7(10)13-11-5-6/h4-5H,1-3H3,(H,12,13). The molecular formula is C9H12ClN3O2. The Morgan fingerprint density at radius 3 is 2.80 bits per heavy atom. The molecule has 0 aliphatic heterocycles. The van der Waals surface area contributed by atoms with Crippen molar-refractivity contribution in [2.24, 2.45) is 0 Å². The average molecular weight is 230 g/mol. The number of nitrogens with zero attached hydrogens (tertiary/aromatic N) is 2. The van der Waals surface area contributed by atoms with Gasteiger partial charge < -0.3 is 10.1 Å². The van der Waals surface area contributed by atoms with Gasteiger partial charge in [0.1, 0.15) is 5.54 Å². The zero-order chi connectivity index (χ0) is 11.5. The maximum Gasteiger partial charge on any atom is 0.330 e. The highest BCUT2D eigenvalue weighted by Gasteiger charge is 2.28. The van der Waals surface area contributed by atoms with Gasteiger partial charge in [-0.1, -0.05) is 11.6 Å². The second-order valence-electron chi connectivity index (χ2n) is 3.51. The summed E-state index contributed by atoms with van der Waals surface area (Å²) in [6, 6.07) is 1.58. The smallest absolute Gasteiger partial charge is 0.330 e. The Morgan fingerprint density at radius 1 is 1.60 bits per heavy atom. The minimum absolute atomic E-state index is 0.265. The first kappa shape index (κ1) is 11.7. The number of carbonyl (C=O) groups excluding carboxylic acids is 1. The zero-order valence-electron chi connectivity index (χ0n) is 8.74. The number of nitrogens with one attached hydrogen (secondary N) is 1. The fourth-order valence-corrected chi connectivity index (χ4v) is 1.24. The number of aromatic nitrogens is 2. The topological polar surface area (TPSA) is 64.1 Å². The fourth-order valence-electron chi connectivity index (χ4n) is 1.08. The second-order valence-corrected chi connectivity index (χ2v) is 3.90. The van der Waals surface area contributed by atoms with Crippen molar-refractivity contribution in [3.05, 3.63) is 17.4 Å². The molecule has 82 valence electrons. The predicted molar refractivity (Wildman–Crippen MR) is 56.8 cm³/mol. The monoisotopic (exact) mass is 229 g/mol. The predicted octanol–water partition coefficient (Wildman–Crippen LogP) is 1.49. The third kappa shape index (κ3) is 3.06. The molecule has 1 rings (SSSR count). The SMILES string of the molecule is COC(=O)C(C)(C)Nc1cnnc(Cl)c1. The molecule has 6 heteroatoms.